The molecule has 2 aromatic rings. The second-order valence-corrected chi connectivity index (χ2v) is 5.05. The van der Waals surface area contributed by atoms with E-state index in [1.807, 2.05) is 26.0 Å². The van der Waals surface area contributed by atoms with E-state index in [1.165, 1.54) is 6.20 Å². The van der Waals surface area contributed by atoms with Crippen LogP contribution in [0.2, 0.25) is 5.02 Å². The third kappa shape index (κ3) is 3.55. The largest absolute Gasteiger partial charge is 0.494 e. The first-order chi connectivity index (χ1) is 10.0. The number of hydrogen-bond acceptors (Lipinski definition) is 3. The van der Waals surface area contributed by atoms with E-state index in [2.05, 4.69) is 10.4 Å². The lowest BCUT2D eigenvalue weighted by atomic mass is 10.2. The molecule has 112 valence electrons. The Morgan fingerprint density at radius 1 is 1.43 bits per heavy atom. The van der Waals surface area contributed by atoms with Crippen LogP contribution in [0.5, 0.6) is 5.75 Å². The normalized spacial score (nSPS) is 12.0. The van der Waals surface area contributed by atoms with Gasteiger partial charge >= 0.3 is 0 Å². The Bertz CT molecular complexity index is 622. The van der Waals surface area contributed by atoms with Crippen LogP contribution in [0.25, 0.3) is 0 Å². The van der Waals surface area contributed by atoms with Crippen molar-refractivity contribution in [2.75, 3.05) is 11.9 Å². The Morgan fingerprint density at radius 2 is 2.10 bits per heavy atom. The Morgan fingerprint density at radius 3 is 2.62 bits per heavy atom. The molecule has 0 bridgehead atoms. The molecule has 1 heterocycles. The van der Waals surface area contributed by atoms with Crippen molar-refractivity contribution in [1.29, 1.82) is 0 Å². The zero-order valence-electron chi connectivity index (χ0n) is 12.3. The molecule has 0 saturated carbocycles. The first-order valence-electron chi connectivity index (χ1n) is 6.76. The topological polar surface area (TPSA) is 56.1 Å². The molecule has 6 heteroatoms. The number of carbonyl (C=O) groups excluding carboxylic acids is 1. The van der Waals surface area contributed by atoms with E-state index in [-0.39, 0.29) is 5.91 Å². The Kier molecular flexibility index (Phi) is 4.85. The highest BCUT2D eigenvalue weighted by atomic mass is 35.5. The molecule has 1 unspecified atom stereocenters. The first-order valence-corrected chi connectivity index (χ1v) is 7.14. The predicted octanol–water partition coefficient (Wildman–Crippen LogP) is 3.44. The number of carbonyl (C=O) groups is 1. The Balaban J connectivity index is 2.05. The maximum absolute atomic E-state index is 12.2. The van der Waals surface area contributed by atoms with Crippen molar-refractivity contribution in [1.82, 2.24) is 9.78 Å². The fourth-order valence-electron chi connectivity index (χ4n) is 1.95. The summed E-state index contributed by atoms with van der Waals surface area (Å²) in [4.78, 5) is 12.2. The van der Waals surface area contributed by atoms with Gasteiger partial charge in [-0.05, 0) is 45.0 Å². The summed E-state index contributed by atoms with van der Waals surface area (Å²) in [7, 11) is 0. The monoisotopic (exact) mass is 307 g/mol. The van der Waals surface area contributed by atoms with E-state index >= 15 is 0 Å². The summed E-state index contributed by atoms with van der Waals surface area (Å²) in [6.45, 7) is 6.15. The van der Waals surface area contributed by atoms with Crippen molar-refractivity contribution in [2.45, 2.75) is 26.8 Å². The maximum Gasteiger partial charge on any atom is 0.248 e. The van der Waals surface area contributed by atoms with E-state index in [1.54, 1.807) is 23.7 Å². The minimum Gasteiger partial charge on any atom is -0.494 e. The highest BCUT2D eigenvalue weighted by molar-refractivity contribution is 6.31. The van der Waals surface area contributed by atoms with E-state index in [0.29, 0.717) is 17.3 Å². The molecular formula is C15H18ClN3O2. The molecule has 1 aromatic carbocycles. The number of benzene rings is 1. The number of aromatic nitrogens is 2. The molecule has 0 spiro atoms. The lowest BCUT2D eigenvalue weighted by Gasteiger charge is -2.14. The highest BCUT2D eigenvalue weighted by Crippen LogP contribution is 2.20. The number of amides is 1. The number of hydrogen-bond donors (Lipinski definition) is 1. The molecule has 1 aromatic heterocycles. The van der Waals surface area contributed by atoms with E-state index in [0.717, 1.165) is 11.4 Å². The number of anilines is 1. The number of ether oxygens (including phenoxy) is 1. The summed E-state index contributed by atoms with van der Waals surface area (Å²) >= 11 is 5.96. The van der Waals surface area contributed by atoms with Gasteiger partial charge in [0.2, 0.25) is 5.91 Å². The maximum atomic E-state index is 12.2. The van der Waals surface area contributed by atoms with Crippen LogP contribution in [0, 0.1) is 6.92 Å². The van der Waals surface area contributed by atoms with Gasteiger partial charge in [0, 0.05) is 5.69 Å². The molecular weight excluding hydrogens is 290 g/mol. The van der Waals surface area contributed by atoms with Crippen LogP contribution < -0.4 is 10.1 Å². The van der Waals surface area contributed by atoms with Gasteiger partial charge in [-0.15, -0.1) is 0 Å². The van der Waals surface area contributed by atoms with Crippen molar-refractivity contribution >= 4 is 23.2 Å². The molecule has 0 radical (unpaired) electrons. The van der Waals surface area contributed by atoms with Crippen molar-refractivity contribution in [3.8, 4) is 5.75 Å². The molecule has 0 aliphatic rings. The molecule has 1 atom stereocenters. The van der Waals surface area contributed by atoms with Crippen LogP contribution in [0.1, 0.15) is 25.6 Å². The summed E-state index contributed by atoms with van der Waals surface area (Å²) < 4.78 is 6.96. The lowest BCUT2D eigenvalue weighted by molar-refractivity contribution is -0.119. The molecule has 0 aliphatic carbocycles. The second-order valence-electron chi connectivity index (χ2n) is 4.65. The number of nitrogens with one attached hydrogen (secondary N) is 1. The predicted molar refractivity (Wildman–Crippen MR) is 82.9 cm³/mol. The standard InChI is InChI=1S/C15H18ClN3O2/c1-4-21-13-7-5-12(6-8-13)18-15(20)11(3)19-10(2)14(16)9-17-19/h5-9,11H,4H2,1-3H3,(H,18,20). The van der Waals surface area contributed by atoms with Crippen molar-refractivity contribution < 1.29 is 9.53 Å². The number of rotatable bonds is 5. The summed E-state index contributed by atoms with van der Waals surface area (Å²) in [5.74, 6) is 0.625. The third-order valence-corrected chi connectivity index (χ3v) is 3.54. The fraction of sp³-hybridized carbons (Fsp3) is 0.333. The van der Waals surface area contributed by atoms with Crippen molar-refractivity contribution in [3.05, 3.63) is 41.2 Å². The summed E-state index contributed by atoms with van der Waals surface area (Å²) in [6.07, 6.45) is 1.54. The number of halogens is 1. The fourth-order valence-corrected chi connectivity index (χ4v) is 2.08. The molecule has 2 rings (SSSR count). The van der Waals surface area contributed by atoms with E-state index in [4.69, 9.17) is 16.3 Å². The van der Waals surface area contributed by atoms with Crippen LogP contribution in [0.15, 0.2) is 30.5 Å². The van der Waals surface area contributed by atoms with Crippen LogP contribution in [-0.4, -0.2) is 22.3 Å². The molecule has 0 aliphatic heterocycles. The highest BCUT2D eigenvalue weighted by Gasteiger charge is 2.18. The quantitative estimate of drug-likeness (QED) is 0.920. The zero-order valence-corrected chi connectivity index (χ0v) is 13.0. The minimum atomic E-state index is -0.441. The van der Waals surface area contributed by atoms with Gasteiger partial charge in [-0.25, -0.2) is 0 Å². The SMILES string of the molecule is CCOc1ccc(NC(=O)C(C)n2ncc(Cl)c2C)cc1. The van der Waals surface area contributed by atoms with Crippen molar-refractivity contribution in [2.24, 2.45) is 0 Å². The minimum absolute atomic E-state index is 0.151. The molecule has 0 fully saturated rings. The van der Waals surface area contributed by atoms with Gasteiger partial charge < -0.3 is 10.1 Å². The van der Waals surface area contributed by atoms with E-state index in [9.17, 15) is 4.79 Å². The first kappa shape index (κ1) is 15.4. The van der Waals surface area contributed by atoms with Gasteiger partial charge in [-0.3, -0.25) is 9.48 Å². The smallest absolute Gasteiger partial charge is 0.248 e. The Labute approximate surface area is 128 Å². The van der Waals surface area contributed by atoms with Crippen LogP contribution in [0.4, 0.5) is 5.69 Å². The molecule has 1 amide bonds. The van der Waals surface area contributed by atoms with Gasteiger partial charge in [0.1, 0.15) is 11.8 Å². The van der Waals surface area contributed by atoms with Crippen LogP contribution in [0.3, 0.4) is 0 Å². The van der Waals surface area contributed by atoms with Crippen molar-refractivity contribution in [3.63, 3.8) is 0 Å². The molecule has 0 saturated heterocycles. The average molecular weight is 308 g/mol. The third-order valence-electron chi connectivity index (χ3n) is 3.16. The second kappa shape index (κ2) is 6.63. The van der Waals surface area contributed by atoms with Crippen LogP contribution >= 0.6 is 11.6 Å². The Hall–Kier alpha value is -2.01. The van der Waals surface area contributed by atoms with Crippen LogP contribution in [-0.2, 0) is 4.79 Å². The molecule has 21 heavy (non-hydrogen) atoms. The number of nitrogens with zero attached hydrogens (tertiary/aromatic N) is 2. The van der Waals surface area contributed by atoms with Gasteiger partial charge in [0.25, 0.3) is 0 Å². The summed E-state index contributed by atoms with van der Waals surface area (Å²) in [6, 6.07) is 6.81. The zero-order chi connectivity index (χ0) is 15.4. The average Bonchev–Trinajstić information content (AvgIpc) is 2.80. The molecule has 1 N–H and O–H groups in total. The van der Waals surface area contributed by atoms with Gasteiger partial charge in [0.15, 0.2) is 0 Å². The van der Waals surface area contributed by atoms with Gasteiger partial charge in [-0.2, -0.15) is 5.10 Å². The summed E-state index contributed by atoms with van der Waals surface area (Å²) in [5, 5.41) is 7.52. The summed E-state index contributed by atoms with van der Waals surface area (Å²) in [5.41, 5.74) is 1.48. The van der Waals surface area contributed by atoms with Gasteiger partial charge in [-0.1, -0.05) is 11.6 Å². The van der Waals surface area contributed by atoms with Gasteiger partial charge in [0.05, 0.1) is 23.5 Å². The van der Waals surface area contributed by atoms with E-state index < -0.39 is 6.04 Å². The molecule has 5 nitrogen and oxygen atoms in total. The lowest BCUT2D eigenvalue weighted by Crippen LogP contribution is -2.25.